The van der Waals surface area contributed by atoms with Crippen molar-refractivity contribution in [3.05, 3.63) is 70.3 Å². The van der Waals surface area contributed by atoms with Crippen molar-refractivity contribution in [1.82, 2.24) is 0 Å². The molecule has 0 saturated carbocycles. The van der Waals surface area contributed by atoms with Crippen molar-refractivity contribution in [3.8, 4) is 0 Å². The molecule has 0 fully saturated rings. The summed E-state index contributed by atoms with van der Waals surface area (Å²) < 4.78 is 0. The van der Waals surface area contributed by atoms with Gasteiger partial charge in [0, 0.05) is 18.5 Å². The molecular weight excluding hydrogens is 264 g/mol. The van der Waals surface area contributed by atoms with Crippen LogP contribution in [-0.2, 0) is 0 Å². The van der Waals surface area contributed by atoms with Gasteiger partial charge in [0.1, 0.15) is 5.69 Å². The maximum absolute atomic E-state index is 11.0. The summed E-state index contributed by atoms with van der Waals surface area (Å²) in [5, 5.41) is 14.3. The lowest BCUT2D eigenvalue weighted by Crippen LogP contribution is -2.18. The number of para-hydroxylation sites is 2. The molecule has 0 aliphatic rings. The molecule has 2 rings (SSSR count). The lowest BCUT2D eigenvalue weighted by molar-refractivity contribution is -0.384. The predicted octanol–water partition coefficient (Wildman–Crippen LogP) is 4.45. The molecule has 0 aliphatic heterocycles. The predicted molar refractivity (Wildman–Crippen MR) is 85.6 cm³/mol. The third kappa shape index (κ3) is 3.81. The zero-order valence-electron chi connectivity index (χ0n) is 12.3. The molecule has 0 radical (unpaired) electrons. The van der Waals surface area contributed by atoms with Gasteiger partial charge < -0.3 is 5.32 Å². The number of nitro benzene ring substituents is 1. The van der Waals surface area contributed by atoms with Crippen molar-refractivity contribution in [2.24, 2.45) is 5.92 Å². The zero-order valence-corrected chi connectivity index (χ0v) is 12.3. The molecule has 0 spiro atoms. The molecule has 0 heterocycles. The van der Waals surface area contributed by atoms with Crippen LogP contribution in [0.15, 0.2) is 54.6 Å². The van der Waals surface area contributed by atoms with E-state index >= 15 is 0 Å². The van der Waals surface area contributed by atoms with Crippen LogP contribution in [0.2, 0.25) is 0 Å². The van der Waals surface area contributed by atoms with Gasteiger partial charge in [-0.3, -0.25) is 10.1 Å². The van der Waals surface area contributed by atoms with Crippen LogP contribution in [0.3, 0.4) is 0 Å². The van der Waals surface area contributed by atoms with Gasteiger partial charge in [-0.2, -0.15) is 0 Å². The van der Waals surface area contributed by atoms with Crippen molar-refractivity contribution in [2.75, 3.05) is 11.9 Å². The summed E-state index contributed by atoms with van der Waals surface area (Å²) in [5.41, 5.74) is 1.94. The fourth-order valence-corrected chi connectivity index (χ4v) is 2.44. The van der Waals surface area contributed by atoms with Crippen LogP contribution in [0.25, 0.3) is 0 Å². The second kappa shape index (κ2) is 6.88. The van der Waals surface area contributed by atoms with Crippen molar-refractivity contribution >= 4 is 11.4 Å². The Bertz CT molecular complexity index is 597. The summed E-state index contributed by atoms with van der Waals surface area (Å²) in [6.45, 7) is 5.00. The Kier molecular flexibility index (Phi) is 4.93. The molecule has 21 heavy (non-hydrogen) atoms. The highest BCUT2D eigenvalue weighted by Crippen LogP contribution is 2.28. The summed E-state index contributed by atoms with van der Waals surface area (Å²) in [6.07, 6.45) is 0. The lowest BCUT2D eigenvalue weighted by Gasteiger charge is -2.22. The summed E-state index contributed by atoms with van der Waals surface area (Å²) in [4.78, 5) is 10.7. The van der Waals surface area contributed by atoms with Crippen molar-refractivity contribution in [1.29, 1.82) is 0 Å². The Morgan fingerprint density at radius 2 is 1.67 bits per heavy atom. The molecule has 2 aromatic carbocycles. The van der Waals surface area contributed by atoms with Crippen molar-refractivity contribution in [2.45, 2.75) is 19.8 Å². The summed E-state index contributed by atoms with van der Waals surface area (Å²) in [7, 11) is 0. The Morgan fingerprint density at radius 1 is 1.05 bits per heavy atom. The minimum Gasteiger partial charge on any atom is -0.379 e. The lowest BCUT2D eigenvalue weighted by atomic mass is 9.88. The van der Waals surface area contributed by atoms with E-state index in [1.54, 1.807) is 12.1 Å². The fraction of sp³-hybridized carbons (Fsp3) is 0.294. The van der Waals surface area contributed by atoms with Gasteiger partial charge in [-0.05, 0) is 17.5 Å². The van der Waals surface area contributed by atoms with E-state index in [9.17, 15) is 10.1 Å². The van der Waals surface area contributed by atoms with Gasteiger partial charge in [0.2, 0.25) is 0 Å². The van der Waals surface area contributed by atoms with Gasteiger partial charge in [-0.25, -0.2) is 0 Å². The topological polar surface area (TPSA) is 55.2 Å². The molecule has 0 amide bonds. The SMILES string of the molecule is CC(C)C(CNc1ccccc1[N+](=O)[O-])c1ccccc1. The summed E-state index contributed by atoms with van der Waals surface area (Å²) in [6, 6.07) is 17.0. The van der Waals surface area contributed by atoms with Crippen LogP contribution in [-0.4, -0.2) is 11.5 Å². The number of anilines is 1. The number of nitrogens with zero attached hydrogens (tertiary/aromatic N) is 1. The van der Waals surface area contributed by atoms with Crippen LogP contribution < -0.4 is 5.32 Å². The molecule has 0 saturated heterocycles. The number of benzene rings is 2. The van der Waals surface area contributed by atoms with Crippen molar-refractivity contribution < 1.29 is 4.92 Å². The first-order valence-electron chi connectivity index (χ1n) is 7.12. The standard InChI is InChI=1S/C17H20N2O2/c1-13(2)15(14-8-4-3-5-9-14)12-18-16-10-6-7-11-17(16)19(20)21/h3-11,13,15,18H,12H2,1-2H3. The maximum Gasteiger partial charge on any atom is 0.292 e. The average Bonchev–Trinajstić information content (AvgIpc) is 2.48. The van der Waals surface area contributed by atoms with Gasteiger partial charge in [0.15, 0.2) is 0 Å². The minimum absolute atomic E-state index is 0.119. The molecule has 4 nitrogen and oxygen atoms in total. The molecule has 2 aromatic rings. The number of hydrogen-bond donors (Lipinski definition) is 1. The van der Waals surface area contributed by atoms with E-state index in [2.05, 4.69) is 31.3 Å². The molecule has 1 atom stereocenters. The minimum atomic E-state index is -0.352. The molecule has 0 aromatic heterocycles. The molecule has 1 unspecified atom stereocenters. The fourth-order valence-electron chi connectivity index (χ4n) is 2.44. The van der Waals surface area contributed by atoms with E-state index in [4.69, 9.17) is 0 Å². The zero-order chi connectivity index (χ0) is 15.2. The third-order valence-corrected chi connectivity index (χ3v) is 3.65. The van der Waals surface area contributed by atoms with E-state index < -0.39 is 0 Å². The smallest absolute Gasteiger partial charge is 0.292 e. The highest BCUT2D eigenvalue weighted by Gasteiger charge is 2.18. The first-order valence-corrected chi connectivity index (χ1v) is 7.12. The molecular formula is C17H20N2O2. The van der Waals surface area contributed by atoms with E-state index in [1.807, 2.05) is 24.3 Å². The summed E-state index contributed by atoms with van der Waals surface area (Å²) in [5.74, 6) is 0.758. The largest absolute Gasteiger partial charge is 0.379 e. The van der Waals surface area contributed by atoms with Gasteiger partial charge in [-0.1, -0.05) is 56.3 Å². The Balaban J connectivity index is 2.15. The summed E-state index contributed by atoms with van der Waals surface area (Å²) >= 11 is 0. The van der Waals surface area contributed by atoms with E-state index in [0.717, 1.165) is 0 Å². The second-order valence-electron chi connectivity index (χ2n) is 5.42. The molecule has 1 N–H and O–H groups in total. The van der Waals surface area contributed by atoms with Gasteiger partial charge in [0.25, 0.3) is 5.69 Å². The van der Waals surface area contributed by atoms with E-state index in [1.165, 1.54) is 11.6 Å². The number of nitro groups is 1. The Hall–Kier alpha value is -2.36. The number of hydrogen-bond acceptors (Lipinski definition) is 3. The van der Waals surface area contributed by atoms with Crippen LogP contribution in [0, 0.1) is 16.0 Å². The number of rotatable bonds is 6. The first kappa shape index (κ1) is 15.0. The van der Waals surface area contributed by atoms with Gasteiger partial charge in [0.05, 0.1) is 4.92 Å². The average molecular weight is 284 g/mol. The quantitative estimate of drug-likeness (QED) is 0.630. The highest BCUT2D eigenvalue weighted by molar-refractivity contribution is 5.61. The van der Waals surface area contributed by atoms with E-state index in [-0.39, 0.29) is 10.6 Å². The monoisotopic (exact) mass is 284 g/mol. The third-order valence-electron chi connectivity index (χ3n) is 3.65. The molecule has 0 bridgehead atoms. The normalized spacial score (nSPS) is 12.1. The van der Waals surface area contributed by atoms with Crippen molar-refractivity contribution in [3.63, 3.8) is 0 Å². The van der Waals surface area contributed by atoms with Crippen LogP contribution in [0.5, 0.6) is 0 Å². The van der Waals surface area contributed by atoms with Gasteiger partial charge in [-0.15, -0.1) is 0 Å². The molecule has 110 valence electrons. The Morgan fingerprint density at radius 3 is 2.29 bits per heavy atom. The Labute approximate surface area is 125 Å². The van der Waals surface area contributed by atoms with Gasteiger partial charge >= 0.3 is 0 Å². The maximum atomic E-state index is 11.0. The molecule has 0 aliphatic carbocycles. The van der Waals surface area contributed by atoms with Crippen LogP contribution in [0.4, 0.5) is 11.4 Å². The first-order chi connectivity index (χ1) is 10.1. The van der Waals surface area contributed by atoms with Crippen LogP contribution >= 0.6 is 0 Å². The number of nitrogens with one attached hydrogen (secondary N) is 1. The highest BCUT2D eigenvalue weighted by atomic mass is 16.6. The molecule has 4 heteroatoms. The van der Waals surface area contributed by atoms with E-state index in [0.29, 0.717) is 24.1 Å². The van der Waals surface area contributed by atoms with Crippen LogP contribution in [0.1, 0.15) is 25.3 Å². The second-order valence-corrected chi connectivity index (χ2v) is 5.42.